The molecule has 0 atom stereocenters. The maximum Gasteiger partial charge on any atom is 0.333 e. The molecule has 0 spiro atoms. The number of fused-ring (bicyclic) bond motifs is 1. The number of benzene rings is 3. The SMILES string of the molecule is O=C1N/C(=C/c2cn(Cc3ccccc3)c3ccccc23)C(=O)N1c1ccc(Cl)cc1. The molecule has 4 aromatic rings. The van der Waals surface area contributed by atoms with Gasteiger partial charge in [0.05, 0.1) is 5.69 Å². The summed E-state index contributed by atoms with van der Waals surface area (Å²) in [5.74, 6) is -0.396. The van der Waals surface area contributed by atoms with Crippen molar-refractivity contribution < 1.29 is 9.59 Å². The van der Waals surface area contributed by atoms with Gasteiger partial charge in [0.2, 0.25) is 0 Å². The highest BCUT2D eigenvalue weighted by atomic mass is 35.5. The Morgan fingerprint density at radius 2 is 1.58 bits per heavy atom. The zero-order valence-corrected chi connectivity index (χ0v) is 17.2. The van der Waals surface area contributed by atoms with Crippen LogP contribution in [0.3, 0.4) is 0 Å². The van der Waals surface area contributed by atoms with Gasteiger partial charge < -0.3 is 9.88 Å². The number of hydrogen-bond donors (Lipinski definition) is 1. The minimum absolute atomic E-state index is 0.238. The second-order valence-corrected chi connectivity index (χ2v) is 7.76. The highest BCUT2D eigenvalue weighted by molar-refractivity contribution is 6.31. The third-order valence-corrected chi connectivity index (χ3v) is 5.53. The lowest BCUT2D eigenvalue weighted by atomic mass is 10.1. The van der Waals surface area contributed by atoms with Gasteiger partial charge in [-0.15, -0.1) is 0 Å². The molecule has 3 amide bonds. The van der Waals surface area contributed by atoms with Gasteiger partial charge in [0, 0.05) is 34.2 Å². The normalized spacial score (nSPS) is 15.1. The molecule has 1 aliphatic rings. The molecule has 0 bridgehead atoms. The van der Waals surface area contributed by atoms with Crippen LogP contribution in [0.1, 0.15) is 11.1 Å². The van der Waals surface area contributed by atoms with Crippen LogP contribution in [0, 0.1) is 0 Å². The van der Waals surface area contributed by atoms with Gasteiger partial charge in [0.15, 0.2) is 0 Å². The largest absolute Gasteiger partial charge is 0.342 e. The Morgan fingerprint density at radius 1 is 0.871 bits per heavy atom. The minimum atomic E-state index is -0.480. The number of rotatable bonds is 4. The van der Waals surface area contributed by atoms with Crippen LogP contribution in [0.5, 0.6) is 0 Å². The molecule has 3 aromatic carbocycles. The molecule has 1 aliphatic heterocycles. The second kappa shape index (κ2) is 7.78. The monoisotopic (exact) mass is 427 g/mol. The van der Waals surface area contributed by atoms with Crippen molar-refractivity contribution in [1.82, 2.24) is 9.88 Å². The lowest BCUT2D eigenvalue weighted by Gasteiger charge is -2.11. The molecular weight excluding hydrogens is 410 g/mol. The number of carbonyl (C=O) groups excluding carboxylic acids is 2. The van der Waals surface area contributed by atoms with Crippen LogP contribution in [0.2, 0.25) is 5.02 Å². The lowest BCUT2D eigenvalue weighted by Crippen LogP contribution is -2.30. The Kier molecular flexibility index (Phi) is 4.81. The van der Waals surface area contributed by atoms with Gasteiger partial charge >= 0.3 is 6.03 Å². The van der Waals surface area contributed by atoms with E-state index in [0.29, 0.717) is 17.3 Å². The smallest absolute Gasteiger partial charge is 0.333 e. The van der Waals surface area contributed by atoms with Gasteiger partial charge in [-0.25, -0.2) is 9.69 Å². The van der Waals surface area contributed by atoms with Gasteiger partial charge in [-0.05, 0) is 42.0 Å². The molecule has 0 saturated carbocycles. The summed E-state index contributed by atoms with van der Waals surface area (Å²) in [4.78, 5) is 26.6. The third kappa shape index (κ3) is 3.60. The molecule has 0 aliphatic carbocycles. The topological polar surface area (TPSA) is 54.3 Å². The van der Waals surface area contributed by atoms with E-state index in [-0.39, 0.29) is 5.70 Å². The van der Waals surface area contributed by atoms with E-state index in [1.165, 1.54) is 5.56 Å². The first-order valence-electron chi connectivity index (χ1n) is 9.85. The molecule has 152 valence electrons. The van der Waals surface area contributed by atoms with E-state index in [0.717, 1.165) is 21.4 Å². The number of hydrogen-bond acceptors (Lipinski definition) is 2. The first-order valence-corrected chi connectivity index (χ1v) is 10.2. The Bertz CT molecular complexity index is 1320. The third-order valence-electron chi connectivity index (χ3n) is 5.28. The van der Waals surface area contributed by atoms with Crippen molar-refractivity contribution >= 4 is 46.2 Å². The molecule has 1 saturated heterocycles. The van der Waals surface area contributed by atoms with Crippen molar-refractivity contribution in [3.05, 3.63) is 107 Å². The van der Waals surface area contributed by atoms with Gasteiger partial charge in [-0.1, -0.05) is 60.1 Å². The number of carbonyl (C=O) groups is 2. The summed E-state index contributed by atoms with van der Waals surface area (Å²) < 4.78 is 2.15. The molecule has 2 heterocycles. The number of aromatic nitrogens is 1. The lowest BCUT2D eigenvalue weighted by molar-refractivity contribution is -0.113. The first-order chi connectivity index (χ1) is 15.1. The predicted octanol–water partition coefficient (Wildman–Crippen LogP) is 5.44. The van der Waals surface area contributed by atoms with Crippen molar-refractivity contribution in [2.24, 2.45) is 0 Å². The highest BCUT2D eigenvalue weighted by Gasteiger charge is 2.35. The number of urea groups is 1. The number of nitrogens with one attached hydrogen (secondary N) is 1. The van der Waals surface area contributed by atoms with Crippen molar-refractivity contribution in [2.45, 2.75) is 6.54 Å². The Balaban J connectivity index is 1.52. The Morgan fingerprint density at radius 3 is 2.35 bits per heavy atom. The quantitative estimate of drug-likeness (QED) is 0.348. The molecule has 0 radical (unpaired) electrons. The summed E-state index contributed by atoms with van der Waals surface area (Å²) >= 11 is 5.93. The van der Waals surface area contributed by atoms with E-state index < -0.39 is 11.9 Å². The van der Waals surface area contributed by atoms with E-state index in [9.17, 15) is 9.59 Å². The van der Waals surface area contributed by atoms with Crippen LogP contribution < -0.4 is 10.2 Å². The molecular formula is C25H18ClN3O2. The fourth-order valence-electron chi connectivity index (χ4n) is 3.82. The van der Waals surface area contributed by atoms with Gasteiger partial charge in [0.25, 0.3) is 5.91 Å². The van der Waals surface area contributed by atoms with E-state index >= 15 is 0 Å². The van der Waals surface area contributed by atoms with E-state index in [1.807, 2.05) is 42.6 Å². The first kappa shape index (κ1) is 19.2. The average Bonchev–Trinajstić information content (AvgIpc) is 3.26. The summed E-state index contributed by atoms with van der Waals surface area (Å²) in [6.07, 6.45) is 3.75. The van der Waals surface area contributed by atoms with E-state index in [4.69, 9.17) is 11.6 Å². The summed E-state index contributed by atoms with van der Waals surface area (Å²) in [5.41, 5.74) is 3.82. The van der Waals surface area contributed by atoms with E-state index in [2.05, 4.69) is 28.1 Å². The molecule has 1 aromatic heterocycles. The number of imide groups is 1. The molecule has 5 nitrogen and oxygen atoms in total. The maximum atomic E-state index is 13.0. The zero-order chi connectivity index (χ0) is 21.4. The van der Waals surface area contributed by atoms with Gasteiger partial charge in [-0.3, -0.25) is 4.79 Å². The van der Waals surface area contributed by atoms with Crippen molar-refractivity contribution in [3.8, 4) is 0 Å². The molecule has 0 unspecified atom stereocenters. The number of anilines is 1. The Hall–Kier alpha value is -3.83. The number of amides is 3. The number of para-hydroxylation sites is 1. The fraction of sp³-hybridized carbons (Fsp3) is 0.0400. The zero-order valence-electron chi connectivity index (χ0n) is 16.5. The molecule has 1 fully saturated rings. The van der Waals surface area contributed by atoms with Crippen LogP contribution in [0.4, 0.5) is 10.5 Å². The van der Waals surface area contributed by atoms with Gasteiger partial charge in [0.1, 0.15) is 5.70 Å². The molecule has 31 heavy (non-hydrogen) atoms. The minimum Gasteiger partial charge on any atom is -0.342 e. The molecule has 5 rings (SSSR count). The summed E-state index contributed by atoms with van der Waals surface area (Å²) in [6, 6.07) is 24.3. The van der Waals surface area contributed by atoms with Crippen LogP contribution in [-0.2, 0) is 11.3 Å². The van der Waals surface area contributed by atoms with Crippen LogP contribution in [0.25, 0.3) is 17.0 Å². The molecule has 1 N–H and O–H groups in total. The summed E-state index contributed by atoms with van der Waals surface area (Å²) in [7, 11) is 0. The summed E-state index contributed by atoms with van der Waals surface area (Å²) in [5, 5.41) is 4.25. The van der Waals surface area contributed by atoms with Crippen molar-refractivity contribution in [1.29, 1.82) is 0 Å². The van der Waals surface area contributed by atoms with E-state index in [1.54, 1.807) is 30.3 Å². The van der Waals surface area contributed by atoms with Gasteiger partial charge in [-0.2, -0.15) is 0 Å². The standard InChI is InChI=1S/C25H18ClN3O2/c26-19-10-12-20(13-11-19)29-24(30)22(27-25(29)31)14-18-16-28(15-17-6-2-1-3-7-17)23-9-5-4-8-21(18)23/h1-14,16H,15H2,(H,27,31)/b22-14+. The number of halogens is 1. The van der Waals surface area contributed by atoms with Crippen molar-refractivity contribution in [2.75, 3.05) is 4.90 Å². The van der Waals surface area contributed by atoms with Crippen LogP contribution >= 0.6 is 11.6 Å². The average molecular weight is 428 g/mol. The van der Waals surface area contributed by atoms with Crippen molar-refractivity contribution in [3.63, 3.8) is 0 Å². The van der Waals surface area contributed by atoms with Crippen LogP contribution in [0.15, 0.2) is 90.8 Å². The molecule has 6 heteroatoms. The van der Waals surface area contributed by atoms with Crippen LogP contribution in [-0.4, -0.2) is 16.5 Å². The second-order valence-electron chi connectivity index (χ2n) is 7.32. The predicted molar refractivity (Wildman–Crippen MR) is 123 cm³/mol. The maximum absolute atomic E-state index is 13.0. The Labute approximate surface area is 184 Å². The number of nitrogens with zero attached hydrogens (tertiary/aromatic N) is 2. The summed E-state index contributed by atoms with van der Waals surface area (Å²) in [6.45, 7) is 0.710. The highest BCUT2D eigenvalue weighted by Crippen LogP contribution is 2.27. The fourth-order valence-corrected chi connectivity index (χ4v) is 3.94.